The van der Waals surface area contributed by atoms with E-state index in [2.05, 4.69) is 25.7 Å². The number of carboxylic acid groups (broad SMARTS) is 1. The fraction of sp³-hybridized carbons (Fsp3) is 0.310. The standard InChI is InChI=1S/C29H29F3N8O3/c1-33-19-8-18(30)22(31)20-21-24(39-6-5-29(32,13-39)12-38(3)4)16(10-35-26(21)37-23(19)20)14-7-15-25(41)17(28(42)43)11-40(34-2)27(15)36-9-14/h7-11,33-34H,5-6,12-13H2,1-4H3,(H,35,37)(H,42,43). The Kier molecular flexibility index (Phi) is 6.68. The summed E-state index contributed by atoms with van der Waals surface area (Å²) in [4.78, 5) is 40.6. The maximum Gasteiger partial charge on any atom is 0.341 e. The number of anilines is 2. The van der Waals surface area contributed by atoms with Crippen molar-refractivity contribution in [3.63, 3.8) is 0 Å². The van der Waals surface area contributed by atoms with Gasteiger partial charge >= 0.3 is 5.97 Å². The number of nitrogens with one attached hydrogen (secondary N) is 3. The summed E-state index contributed by atoms with van der Waals surface area (Å²) >= 11 is 0. The van der Waals surface area contributed by atoms with Gasteiger partial charge in [0.05, 0.1) is 39.6 Å². The Balaban J connectivity index is 1.68. The number of halogens is 3. The van der Waals surface area contributed by atoms with Gasteiger partial charge in [0.2, 0.25) is 5.43 Å². The summed E-state index contributed by atoms with van der Waals surface area (Å²) in [7, 11) is 6.69. The van der Waals surface area contributed by atoms with Crippen molar-refractivity contribution in [2.45, 2.75) is 12.1 Å². The van der Waals surface area contributed by atoms with Crippen LogP contribution in [0.2, 0.25) is 0 Å². The number of hydrogen-bond donors (Lipinski definition) is 4. The zero-order valence-corrected chi connectivity index (χ0v) is 23.8. The van der Waals surface area contributed by atoms with Crippen molar-refractivity contribution in [1.82, 2.24) is 24.5 Å². The molecule has 6 rings (SSSR count). The van der Waals surface area contributed by atoms with E-state index in [4.69, 9.17) is 0 Å². The SMILES string of the molecule is CNc1cc(F)c(F)c2c1[nH]c1ncc(-c3cnc4c(c3)c(=O)c(C(=O)O)cn4NC)c(N3CCC(F)(CN(C)C)C3)c12. The van der Waals surface area contributed by atoms with Crippen LogP contribution in [0.3, 0.4) is 0 Å². The molecule has 0 radical (unpaired) electrons. The van der Waals surface area contributed by atoms with Crippen LogP contribution in [-0.2, 0) is 0 Å². The highest BCUT2D eigenvalue weighted by Gasteiger charge is 2.40. The van der Waals surface area contributed by atoms with Gasteiger partial charge in [-0.2, -0.15) is 0 Å². The number of aromatic amines is 1. The molecule has 1 fully saturated rings. The van der Waals surface area contributed by atoms with E-state index < -0.39 is 34.3 Å². The van der Waals surface area contributed by atoms with Gasteiger partial charge in [-0.15, -0.1) is 0 Å². The third-order valence-corrected chi connectivity index (χ3v) is 7.88. The van der Waals surface area contributed by atoms with Gasteiger partial charge in [-0.25, -0.2) is 32.6 Å². The Morgan fingerprint density at radius 3 is 2.63 bits per heavy atom. The zero-order chi connectivity index (χ0) is 30.8. The number of pyridine rings is 3. The Bertz CT molecular complexity index is 2010. The summed E-state index contributed by atoms with van der Waals surface area (Å²) in [6.07, 6.45) is 4.33. The van der Waals surface area contributed by atoms with Crippen molar-refractivity contribution < 1.29 is 23.1 Å². The number of carboxylic acids is 1. The lowest BCUT2D eigenvalue weighted by atomic mass is 10.0. The minimum absolute atomic E-state index is 0.0142. The van der Waals surface area contributed by atoms with Crippen molar-refractivity contribution >= 4 is 50.3 Å². The summed E-state index contributed by atoms with van der Waals surface area (Å²) in [5.41, 5.74) is 2.21. The number of carbonyl (C=O) groups is 1. The molecule has 1 atom stereocenters. The number of aromatic carboxylic acids is 1. The highest BCUT2D eigenvalue weighted by molar-refractivity contribution is 6.18. The van der Waals surface area contributed by atoms with Crippen molar-refractivity contribution in [2.24, 2.45) is 0 Å². The van der Waals surface area contributed by atoms with E-state index in [1.807, 2.05) is 0 Å². The lowest BCUT2D eigenvalue weighted by Crippen LogP contribution is -2.38. The second-order valence-corrected chi connectivity index (χ2v) is 11.0. The van der Waals surface area contributed by atoms with Gasteiger partial charge in [0, 0.05) is 69.4 Å². The van der Waals surface area contributed by atoms with Gasteiger partial charge in [0.1, 0.15) is 16.9 Å². The van der Waals surface area contributed by atoms with Crippen LogP contribution in [0.25, 0.3) is 44.1 Å². The minimum Gasteiger partial charge on any atom is -0.477 e. The molecule has 5 aromatic rings. The smallest absolute Gasteiger partial charge is 0.341 e. The molecule has 0 amide bonds. The van der Waals surface area contributed by atoms with E-state index in [9.17, 15) is 19.1 Å². The van der Waals surface area contributed by atoms with E-state index >= 15 is 8.78 Å². The molecule has 0 bridgehead atoms. The maximum absolute atomic E-state index is 16.0. The van der Waals surface area contributed by atoms with Crippen molar-refractivity contribution in [3.8, 4) is 11.1 Å². The fourth-order valence-electron chi connectivity index (χ4n) is 6.08. The topological polar surface area (TPSA) is 131 Å². The van der Waals surface area contributed by atoms with Crippen molar-refractivity contribution in [3.05, 3.63) is 58.1 Å². The first-order chi connectivity index (χ1) is 20.5. The average Bonchev–Trinajstić information content (AvgIpc) is 3.55. The van der Waals surface area contributed by atoms with E-state index in [-0.39, 0.29) is 53.5 Å². The normalized spacial score (nSPS) is 17.1. The number of hydrogen-bond acceptors (Lipinski definition) is 8. The van der Waals surface area contributed by atoms with Crippen LogP contribution in [0, 0.1) is 11.6 Å². The molecule has 0 saturated carbocycles. The summed E-state index contributed by atoms with van der Waals surface area (Å²) in [5, 5.41) is 12.7. The van der Waals surface area contributed by atoms with E-state index in [1.165, 1.54) is 23.1 Å². The van der Waals surface area contributed by atoms with Crippen LogP contribution in [0.5, 0.6) is 0 Å². The molecule has 14 heteroatoms. The van der Waals surface area contributed by atoms with Gasteiger partial charge in [-0.1, -0.05) is 0 Å². The lowest BCUT2D eigenvalue weighted by molar-refractivity contribution is 0.0695. The number of alkyl halides is 1. The van der Waals surface area contributed by atoms with E-state index in [0.29, 0.717) is 28.0 Å². The Morgan fingerprint density at radius 1 is 1.19 bits per heavy atom. The highest BCUT2D eigenvalue weighted by atomic mass is 19.2. The first-order valence-electron chi connectivity index (χ1n) is 13.5. The fourth-order valence-corrected chi connectivity index (χ4v) is 6.08. The van der Waals surface area contributed by atoms with E-state index in [0.717, 1.165) is 12.3 Å². The number of H-pyrrole nitrogens is 1. The molecule has 1 saturated heterocycles. The van der Waals surface area contributed by atoms with E-state index in [1.54, 1.807) is 38.0 Å². The number of rotatable bonds is 7. The van der Waals surface area contributed by atoms with Crippen molar-refractivity contribution in [1.29, 1.82) is 0 Å². The second kappa shape index (κ2) is 10.2. The molecule has 224 valence electrons. The summed E-state index contributed by atoms with van der Waals surface area (Å²) in [6, 6.07) is 2.54. The summed E-state index contributed by atoms with van der Waals surface area (Å²) < 4.78 is 47.8. The molecule has 11 nitrogen and oxygen atoms in total. The molecule has 5 heterocycles. The Morgan fingerprint density at radius 2 is 1.95 bits per heavy atom. The monoisotopic (exact) mass is 594 g/mol. The van der Waals surface area contributed by atoms with Gasteiger partial charge in [-0.05, 0) is 20.2 Å². The molecule has 0 spiro atoms. The highest BCUT2D eigenvalue weighted by Crippen LogP contribution is 2.45. The maximum atomic E-state index is 16.0. The third kappa shape index (κ3) is 4.49. The first-order valence-corrected chi connectivity index (χ1v) is 13.5. The largest absolute Gasteiger partial charge is 0.477 e. The molecule has 4 N–H and O–H groups in total. The summed E-state index contributed by atoms with van der Waals surface area (Å²) in [6.45, 7) is 0.402. The van der Waals surface area contributed by atoms with Crippen LogP contribution in [-0.4, -0.2) is 89.1 Å². The molecule has 1 unspecified atom stereocenters. The van der Waals surface area contributed by atoms with Crippen LogP contribution < -0.4 is 21.1 Å². The van der Waals surface area contributed by atoms with Gasteiger partial charge in [0.15, 0.2) is 17.3 Å². The minimum atomic E-state index is -1.58. The molecule has 43 heavy (non-hydrogen) atoms. The number of benzene rings is 1. The number of nitrogens with zero attached hydrogens (tertiary/aromatic N) is 5. The molecule has 1 aliphatic heterocycles. The molecular weight excluding hydrogens is 565 g/mol. The first kappa shape index (κ1) is 28.3. The number of aromatic nitrogens is 4. The number of fused-ring (bicyclic) bond motifs is 4. The molecule has 1 aliphatic rings. The zero-order valence-electron chi connectivity index (χ0n) is 23.8. The van der Waals surface area contributed by atoms with Gasteiger partial charge in [0.25, 0.3) is 0 Å². The average molecular weight is 595 g/mol. The Labute approximate surface area is 242 Å². The summed E-state index contributed by atoms with van der Waals surface area (Å²) in [5.74, 6) is -3.55. The van der Waals surface area contributed by atoms with Crippen LogP contribution >= 0.6 is 0 Å². The predicted octanol–water partition coefficient (Wildman–Crippen LogP) is 3.76. The van der Waals surface area contributed by atoms with Crippen LogP contribution in [0.4, 0.5) is 24.5 Å². The van der Waals surface area contributed by atoms with Gasteiger partial charge < -0.3 is 30.6 Å². The molecule has 0 aliphatic carbocycles. The van der Waals surface area contributed by atoms with Crippen LogP contribution in [0.15, 0.2) is 35.5 Å². The predicted molar refractivity (Wildman–Crippen MR) is 160 cm³/mol. The third-order valence-electron chi connectivity index (χ3n) is 7.88. The quantitative estimate of drug-likeness (QED) is 0.222. The lowest BCUT2D eigenvalue weighted by Gasteiger charge is -2.27. The Hall–Kier alpha value is -4.85. The van der Waals surface area contributed by atoms with Gasteiger partial charge in [-0.3, -0.25) is 4.79 Å². The second-order valence-electron chi connectivity index (χ2n) is 11.0. The van der Waals surface area contributed by atoms with Crippen LogP contribution in [0.1, 0.15) is 16.8 Å². The molecule has 4 aromatic heterocycles. The molecule has 1 aromatic carbocycles. The van der Waals surface area contributed by atoms with Crippen molar-refractivity contribution in [2.75, 3.05) is 63.5 Å². The molecular formula is C29H29F3N8O3.